The number of benzene rings is 1. The highest BCUT2D eigenvalue weighted by Crippen LogP contribution is 2.28. The van der Waals surface area contributed by atoms with Crippen LogP contribution in [0.4, 0.5) is 0 Å². The van der Waals surface area contributed by atoms with Crippen LogP contribution in [0.1, 0.15) is 34.7 Å². The average Bonchev–Trinajstić information content (AvgIpc) is 2.93. The number of halogens is 1. The number of nitrogens with one attached hydrogen (secondary N) is 1. The summed E-state index contributed by atoms with van der Waals surface area (Å²) in [6.07, 6.45) is 4.46. The second kappa shape index (κ2) is 6.90. The van der Waals surface area contributed by atoms with Crippen LogP contribution in [0.2, 0.25) is 5.02 Å². The predicted octanol–water partition coefficient (Wildman–Crippen LogP) is 2.50. The summed E-state index contributed by atoms with van der Waals surface area (Å²) in [6, 6.07) is 9.63. The quantitative estimate of drug-likeness (QED) is 0.762. The van der Waals surface area contributed by atoms with Crippen molar-refractivity contribution in [3.63, 3.8) is 0 Å². The standard InChI is InChI=1S/C19H20ClN3OS/c1-22(11-13-5-4-6-14(20)9-13)12-15-10-18(24)23-16-7-2-3-8-17(16)25-19(23)21-15/h4-6,9-10H,2-3,7-8,11-12H2,1H3/p+1. The Morgan fingerprint density at radius 2 is 2.08 bits per heavy atom. The molecule has 130 valence electrons. The summed E-state index contributed by atoms with van der Waals surface area (Å²) in [7, 11) is 2.11. The lowest BCUT2D eigenvalue weighted by Gasteiger charge is -2.14. The summed E-state index contributed by atoms with van der Waals surface area (Å²) in [6.45, 7) is 1.57. The van der Waals surface area contributed by atoms with Gasteiger partial charge in [-0.15, -0.1) is 11.3 Å². The third-order valence-corrected chi connectivity index (χ3v) is 6.07. The maximum Gasteiger partial charge on any atom is 0.259 e. The zero-order valence-corrected chi connectivity index (χ0v) is 15.8. The minimum absolute atomic E-state index is 0.0648. The summed E-state index contributed by atoms with van der Waals surface area (Å²) < 4.78 is 1.83. The van der Waals surface area contributed by atoms with Crippen molar-refractivity contribution in [1.29, 1.82) is 0 Å². The van der Waals surface area contributed by atoms with Crippen molar-refractivity contribution in [2.45, 2.75) is 38.8 Å². The van der Waals surface area contributed by atoms with Crippen LogP contribution in [0.3, 0.4) is 0 Å². The van der Waals surface area contributed by atoms with Gasteiger partial charge in [-0.1, -0.05) is 23.7 Å². The van der Waals surface area contributed by atoms with Crippen molar-refractivity contribution < 1.29 is 4.90 Å². The van der Waals surface area contributed by atoms with Crippen molar-refractivity contribution in [3.8, 4) is 0 Å². The molecular formula is C19H21ClN3OS+. The number of hydrogen-bond donors (Lipinski definition) is 1. The van der Waals surface area contributed by atoms with Crippen molar-refractivity contribution in [2.75, 3.05) is 7.05 Å². The molecule has 3 aromatic rings. The molecule has 1 atom stereocenters. The zero-order valence-electron chi connectivity index (χ0n) is 14.2. The second-order valence-corrected chi connectivity index (χ2v) is 8.32. The van der Waals surface area contributed by atoms with Gasteiger partial charge < -0.3 is 4.90 Å². The van der Waals surface area contributed by atoms with Gasteiger partial charge in [-0.2, -0.15) is 0 Å². The number of thiazole rings is 1. The average molecular weight is 375 g/mol. The highest BCUT2D eigenvalue weighted by molar-refractivity contribution is 7.17. The largest absolute Gasteiger partial charge is 0.329 e. The van der Waals surface area contributed by atoms with Gasteiger partial charge in [-0.3, -0.25) is 9.20 Å². The van der Waals surface area contributed by atoms with E-state index >= 15 is 0 Å². The van der Waals surface area contributed by atoms with Crippen molar-refractivity contribution in [2.24, 2.45) is 0 Å². The molecule has 1 unspecified atom stereocenters. The van der Waals surface area contributed by atoms with E-state index in [0.29, 0.717) is 0 Å². The first-order chi connectivity index (χ1) is 12.1. The molecule has 0 saturated carbocycles. The van der Waals surface area contributed by atoms with E-state index in [2.05, 4.69) is 13.1 Å². The summed E-state index contributed by atoms with van der Waals surface area (Å²) in [5, 5.41) is 0.757. The lowest BCUT2D eigenvalue weighted by molar-refractivity contribution is -0.908. The minimum Gasteiger partial charge on any atom is -0.329 e. The highest BCUT2D eigenvalue weighted by Gasteiger charge is 2.19. The maximum atomic E-state index is 12.6. The topological polar surface area (TPSA) is 38.8 Å². The lowest BCUT2D eigenvalue weighted by Crippen LogP contribution is -3.06. The third-order valence-electron chi connectivity index (χ3n) is 4.69. The molecule has 4 rings (SSSR count). The van der Waals surface area contributed by atoms with Crippen LogP contribution in [0.25, 0.3) is 4.96 Å². The molecule has 6 heteroatoms. The molecule has 0 amide bonds. The SMILES string of the molecule is C[NH+](Cc1cccc(Cl)c1)Cc1cc(=O)n2c3c(sc2n1)CCCC3. The van der Waals surface area contributed by atoms with E-state index in [1.54, 1.807) is 17.4 Å². The Morgan fingerprint density at radius 1 is 1.24 bits per heavy atom. The van der Waals surface area contributed by atoms with E-state index in [4.69, 9.17) is 16.6 Å². The summed E-state index contributed by atoms with van der Waals surface area (Å²) >= 11 is 7.75. The van der Waals surface area contributed by atoms with Gasteiger partial charge >= 0.3 is 0 Å². The lowest BCUT2D eigenvalue weighted by atomic mass is 10.0. The predicted molar refractivity (Wildman–Crippen MR) is 102 cm³/mol. The Kier molecular flexibility index (Phi) is 4.63. The number of aromatic nitrogens is 2. The first kappa shape index (κ1) is 16.8. The van der Waals surface area contributed by atoms with Crippen molar-refractivity contribution in [3.05, 3.63) is 67.5 Å². The fraction of sp³-hybridized carbons (Fsp3) is 0.368. The van der Waals surface area contributed by atoms with Crippen LogP contribution >= 0.6 is 22.9 Å². The Hall–Kier alpha value is -1.69. The number of fused-ring (bicyclic) bond motifs is 3. The van der Waals surface area contributed by atoms with Crippen LogP contribution in [0, 0.1) is 0 Å². The van der Waals surface area contributed by atoms with Crippen LogP contribution < -0.4 is 10.5 Å². The Labute approximate surface area is 155 Å². The van der Waals surface area contributed by atoms with Gasteiger partial charge in [-0.25, -0.2) is 4.98 Å². The van der Waals surface area contributed by atoms with Gasteiger partial charge in [0.05, 0.1) is 7.05 Å². The number of aryl methyl sites for hydroxylation is 2. The molecule has 1 aliphatic carbocycles. The van der Waals surface area contributed by atoms with Gasteiger partial charge in [0, 0.05) is 27.2 Å². The molecule has 0 fully saturated rings. The summed E-state index contributed by atoms with van der Waals surface area (Å²) in [4.78, 5) is 20.9. The first-order valence-electron chi connectivity index (χ1n) is 8.69. The molecule has 0 radical (unpaired) electrons. The van der Waals surface area contributed by atoms with E-state index in [-0.39, 0.29) is 5.56 Å². The van der Waals surface area contributed by atoms with Gasteiger partial charge in [0.2, 0.25) is 0 Å². The molecule has 1 N–H and O–H groups in total. The van der Waals surface area contributed by atoms with Crippen molar-refractivity contribution >= 4 is 27.9 Å². The number of quaternary nitrogens is 1. The highest BCUT2D eigenvalue weighted by atomic mass is 35.5. The number of hydrogen-bond acceptors (Lipinski definition) is 3. The zero-order chi connectivity index (χ0) is 17.4. The second-order valence-electron chi connectivity index (χ2n) is 6.82. The van der Waals surface area contributed by atoms with Crippen LogP contribution in [0.5, 0.6) is 0 Å². The van der Waals surface area contributed by atoms with Crippen LogP contribution in [-0.2, 0) is 25.9 Å². The normalized spacial score (nSPS) is 15.3. The van der Waals surface area contributed by atoms with E-state index in [0.717, 1.165) is 41.6 Å². The van der Waals surface area contributed by atoms with E-state index in [1.807, 2.05) is 22.6 Å². The smallest absolute Gasteiger partial charge is 0.259 e. The van der Waals surface area contributed by atoms with Gasteiger partial charge in [0.25, 0.3) is 5.56 Å². The Bertz CT molecular complexity index is 978. The molecular weight excluding hydrogens is 354 g/mol. The van der Waals surface area contributed by atoms with E-state index < -0.39 is 0 Å². The molecule has 0 aliphatic heterocycles. The molecule has 4 nitrogen and oxygen atoms in total. The molecule has 2 aromatic heterocycles. The fourth-order valence-electron chi connectivity index (χ4n) is 3.60. The van der Waals surface area contributed by atoms with Gasteiger partial charge in [0.15, 0.2) is 4.96 Å². The maximum absolute atomic E-state index is 12.6. The molecule has 0 bridgehead atoms. The molecule has 0 saturated heterocycles. The molecule has 0 spiro atoms. The van der Waals surface area contributed by atoms with Crippen LogP contribution in [-0.4, -0.2) is 16.4 Å². The molecule has 25 heavy (non-hydrogen) atoms. The monoisotopic (exact) mass is 374 g/mol. The minimum atomic E-state index is 0.0648. The van der Waals surface area contributed by atoms with Crippen LogP contribution in [0.15, 0.2) is 35.1 Å². The third kappa shape index (κ3) is 3.50. The Morgan fingerprint density at radius 3 is 2.92 bits per heavy atom. The fourth-order valence-corrected chi connectivity index (χ4v) is 5.04. The summed E-state index contributed by atoms with van der Waals surface area (Å²) in [5.41, 5.74) is 3.31. The number of rotatable bonds is 4. The van der Waals surface area contributed by atoms with Gasteiger partial charge in [0.1, 0.15) is 18.8 Å². The molecule has 1 aromatic carbocycles. The number of nitrogens with zero attached hydrogens (tertiary/aromatic N) is 2. The molecule has 1 aliphatic rings. The Balaban J connectivity index is 1.58. The van der Waals surface area contributed by atoms with E-state index in [9.17, 15) is 4.79 Å². The first-order valence-corrected chi connectivity index (χ1v) is 9.88. The van der Waals surface area contributed by atoms with Gasteiger partial charge in [-0.05, 0) is 37.8 Å². The van der Waals surface area contributed by atoms with Crippen molar-refractivity contribution in [1.82, 2.24) is 9.38 Å². The summed E-state index contributed by atoms with van der Waals surface area (Å²) in [5.74, 6) is 0. The van der Waals surface area contributed by atoms with E-state index in [1.165, 1.54) is 33.9 Å². The molecule has 2 heterocycles.